The Kier molecular flexibility index (Phi) is 8.21. The zero-order chi connectivity index (χ0) is 17.4. The molecule has 0 atom stereocenters. The summed E-state index contributed by atoms with van der Waals surface area (Å²) in [7, 11) is 0. The maximum Gasteiger partial charge on any atom is 0.162 e. The monoisotopic (exact) mass is 336 g/mol. The van der Waals surface area contributed by atoms with Crippen molar-refractivity contribution in [3.05, 3.63) is 34.9 Å². The Labute approximate surface area is 147 Å². The molecule has 1 aromatic carbocycles. The van der Waals surface area contributed by atoms with Gasteiger partial charge in [0.1, 0.15) is 0 Å². The topological polar surface area (TPSA) is 0 Å². The molecule has 0 unspecified atom stereocenters. The van der Waals surface area contributed by atoms with E-state index in [4.69, 9.17) is 0 Å². The molecule has 24 heavy (non-hydrogen) atoms. The van der Waals surface area contributed by atoms with Crippen LogP contribution in [0.25, 0.3) is 0 Å². The molecule has 0 aromatic heterocycles. The maximum absolute atomic E-state index is 14.5. The highest BCUT2D eigenvalue weighted by atomic mass is 19.2. The summed E-state index contributed by atoms with van der Waals surface area (Å²) in [6.07, 6.45) is 13.4. The molecular weight excluding hydrogens is 302 g/mol. The van der Waals surface area contributed by atoms with Gasteiger partial charge < -0.3 is 0 Å². The number of rotatable bonds is 9. The Morgan fingerprint density at radius 3 is 2.17 bits per heavy atom. The van der Waals surface area contributed by atoms with Crippen LogP contribution in [-0.4, -0.2) is 0 Å². The summed E-state index contributed by atoms with van der Waals surface area (Å²) in [6.45, 7) is 4.36. The van der Waals surface area contributed by atoms with E-state index < -0.39 is 11.6 Å². The van der Waals surface area contributed by atoms with Crippen LogP contribution in [0.4, 0.5) is 8.78 Å². The lowest BCUT2D eigenvalue weighted by atomic mass is 9.76. The van der Waals surface area contributed by atoms with E-state index >= 15 is 0 Å². The number of aryl methyl sites for hydroxylation is 1. The molecule has 0 aliphatic heterocycles. The minimum Gasteiger partial charge on any atom is -0.203 e. The van der Waals surface area contributed by atoms with Crippen molar-refractivity contribution in [3.8, 4) is 0 Å². The Balaban J connectivity index is 1.92. The molecule has 0 radical (unpaired) electrons. The van der Waals surface area contributed by atoms with Gasteiger partial charge in [-0.1, -0.05) is 64.5 Å². The highest BCUT2D eigenvalue weighted by Gasteiger charge is 2.26. The first kappa shape index (κ1) is 19.4. The molecule has 1 aliphatic rings. The lowest BCUT2D eigenvalue weighted by molar-refractivity contribution is 0.297. The fourth-order valence-electron chi connectivity index (χ4n) is 4.12. The van der Waals surface area contributed by atoms with E-state index in [1.165, 1.54) is 38.5 Å². The van der Waals surface area contributed by atoms with Gasteiger partial charge in [0.25, 0.3) is 0 Å². The van der Waals surface area contributed by atoms with E-state index in [9.17, 15) is 8.78 Å². The van der Waals surface area contributed by atoms with Gasteiger partial charge in [0.15, 0.2) is 11.6 Å². The van der Waals surface area contributed by atoms with Gasteiger partial charge in [-0.2, -0.15) is 0 Å². The van der Waals surface area contributed by atoms with Crippen molar-refractivity contribution < 1.29 is 8.78 Å². The average Bonchev–Trinajstić information content (AvgIpc) is 2.60. The smallest absolute Gasteiger partial charge is 0.162 e. The summed E-state index contributed by atoms with van der Waals surface area (Å²) < 4.78 is 28.9. The predicted octanol–water partition coefficient (Wildman–Crippen LogP) is 7.55. The largest absolute Gasteiger partial charge is 0.203 e. The SMILES string of the molecule is CCCCCc1ccc(C2CCC(CCCCC)CC2)c(F)c1F. The van der Waals surface area contributed by atoms with Gasteiger partial charge >= 0.3 is 0 Å². The van der Waals surface area contributed by atoms with E-state index in [1.54, 1.807) is 0 Å². The fourth-order valence-corrected chi connectivity index (χ4v) is 4.12. The highest BCUT2D eigenvalue weighted by Crippen LogP contribution is 2.39. The van der Waals surface area contributed by atoms with Crippen LogP contribution in [0.2, 0.25) is 0 Å². The third kappa shape index (κ3) is 5.29. The van der Waals surface area contributed by atoms with Crippen molar-refractivity contribution in [1.29, 1.82) is 0 Å². The van der Waals surface area contributed by atoms with Crippen LogP contribution in [0.5, 0.6) is 0 Å². The van der Waals surface area contributed by atoms with Gasteiger partial charge in [-0.3, -0.25) is 0 Å². The van der Waals surface area contributed by atoms with E-state index in [0.29, 0.717) is 17.5 Å². The first-order valence-corrected chi connectivity index (χ1v) is 10.1. The van der Waals surface area contributed by atoms with E-state index in [1.807, 2.05) is 12.1 Å². The molecule has 1 aliphatic carbocycles. The average molecular weight is 337 g/mol. The van der Waals surface area contributed by atoms with Crippen LogP contribution in [0, 0.1) is 17.6 Å². The second kappa shape index (κ2) is 10.2. The quantitative estimate of drug-likeness (QED) is 0.408. The summed E-state index contributed by atoms with van der Waals surface area (Å²) in [6, 6.07) is 3.69. The fraction of sp³-hybridized carbons (Fsp3) is 0.727. The van der Waals surface area contributed by atoms with Crippen LogP contribution >= 0.6 is 0 Å². The summed E-state index contributed by atoms with van der Waals surface area (Å²) in [4.78, 5) is 0. The molecule has 0 amide bonds. The maximum atomic E-state index is 14.5. The molecule has 0 N–H and O–H groups in total. The zero-order valence-corrected chi connectivity index (χ0v) is 15.6. The first-order chi connectivity index (χ1) is 11.7. The van der Waals surface area contributed by atoms with Crippen molar-refractivity contribution in [2.45, 2.75) is 96.8 Å². The van der Waals surface area contributed by atoms with Crippen LogP contribution in [0.1, 0.15) is 102 Å². The summed E-state index contributed by atoms with van der Waals surface area (Å²) in [5.74, 6) is -0.146. The third-order valence-electron chi connectivity index (χ3n) is 5.74. The van der Waals surface area contributed by atoms with Gasteiger partial charge in [-0.05, 0) is 61.5 Å². The van der Waals surface area contributed by atoms with Gasteiger partial charge in [-0.15, -0.1) is 0 Å². The summed E-state index contributed by atoms with van der Waals surface area (Å²) >= 11 is 0. The molecule has 1 aromatic rings. The van der Waals surface area contributed by atoms with Crippen molar-refractivity contribution in [3.63, 3.8) is 0 Å². The second-order valence-corrected chi connectivity index (χ2v) is 7.61. The molecule has 2 rings (SSSR count). The Hall–Kier alpha value is -0.920. The van der Waals surface area contributed by atoms with E-state index in [-0.39, 0.29) is 5.92 Å². The molecule has 0 spiro atoms. The Morgan fingerprint density at radius 1 is 0.833 bits per heavy atom. The van der Waals surface area contributed by atoms with E-state index in [2.05, 4.69) is 13.8 Å². The number of unbranched alkanes of at least 4 members (excludes halogenated alkanes) is 4. The van der Waals surface area contributed by atoms with Crippen molar-refractivity contribution in [2.24, 2.45) is 5.92 Å². The van der Waals surface area contributed by atoms with Gasteiger partial charge in [-0.25, -0.2) is 8.78 Å². The van der Waals surface area contributed by atoms with E-state index in [0.717, 1.165) is 38.0 Å². The zero-order valence-electron chi connectivity index (χ0n) is 15.6. The second-order valence-electron chi connectivity index (χ2n) is 7.61. The molecule has 0 heterocycles. The molecule has 2 heteroatoms. The standard InChI is InChI=1S/C22H34F2/c1-3-5-7-9-17-11-13-18(14-12-17)20-16-15-19(10-8-6-4-2)21(23)22(20)24/h15-18H,3-14H2,1-2H3. The number of hydrogen-bond donors (Lipinski definition) is 0. The molecule has 1 fully saturated rings. The summed E-state index contributed by atoms with van der Waals surface area (Å²) in [5.41, 5.74) is 1.18. The first-order valence-electron chi connectivity index (χ1n) is 10.1. The van der Waals surface area contributed by atoms with Crippen LogP contribution in [-0.2, 0) is 6.42 Å². The minimum absolute atomic E-state index is 0.214. The molecule has 136 valence electrons. The third-order valence-corrected chi connectivity index (χ3v) is 5.74. The lowest BCUT2D eigenvalue weighted by Crippen LogP contribution is -2.15. The van der Waals surface area contributed by atoms with Crippen molar-refractivity contribution in [2.75, 3.05) is 0 Å². The Bertz CT molecular complexity index is 487. The molecule has 0 saturated heterocycles. The van der Waals surface area contributed by atoms with Gasteiger partial charge in [0.05, 0.1) is 0 Å². The predicted molar refractivity (Wildman–Crippen MR) is 98.4 cm³/mol. The summed E-state index contributed by atoms with van der Waals surface area (Å²) in [5, 5.41) is 0. The number of halogens is 2. The van der Waals surface area contributed by atoms with Crippen LogP contribution in [0.3, 0.4) is 0 Å². The van der Waals surface area contributed by atoms with Crippen LogP contribution < -0.4 is 0 Å². The normalized spacial score (nSPS) is 21.2. The molecule has 0 bridgehead atoms. The molecule has 0 nitrogen and oxygen atoms in total. The van der Waals surface area contributed by atoms with Crippen molar-refractivity contribution in [1.82, 2.24) is 0 Å². The lowest BCUT2D eigenvalue weighted by Gasteiger charge is -2.29. The van der Waals surface area contributed by atoms with Gasteiger partial charge in [0.2, 0.25) is 0 Å². The number of benzene rings is 1. The number of hydrogen-bond acceptors (Lipinski definition) is 0. The highest BCUT2D eigenvalue weighted by molar-refractivity contribution is 5.29. The minimum atomic E-state index is -0.589. The van der Waals surface area contributed by atoms with Gasteiger partial charge in [0, 0.05) is 0 Å². The Morgan fingerprint density at radius 2 is 1.50 bits per heavy atom. The van der Waals surface area contributed by atoms with Crippen LogP contribution in [0.15, 0.2) is 12.1 Å². The molecule has 1 saturated carbocycles. The van der Waals surface area contributed by atoms with Crippen molar-refractivity contribution >= 4 is 0 Å². The molecular formula is C22H34F2.